The van der Waals surface area contributed by atoms with Gasteiger partial charge in [0.1, 0.15) is 11.4 Å². The molecule has 0 bridgehead atoms. The second-order valence-electron chi connectivity index (χ2n) is 7.91. The first-order valence-corrected chi connectivity index (χ1v) is 9.24. The molecule has 0 radical (unpaired) electrons. The number of carbonyl (C=O) groups is 1. The number of fused-ring (bicyclic) bond motifs is 2. The second kappa shape index (κ2) is 5.73. The van der Waals surface area contributed by atoms with Gasteiger partial charge in [-0.2, -0.15) is 0 Å². The van der Waals surface area contributed by atoms with Crippen molar-refractivity contribution in [3.05, 3.63) is 52.5 Å². The first-order chi connectivity index (χ1) is 12.6. The van der Waals surface area contributed by atoms with E-state index in [9.17, 15) is 4.79 Å². The molecule has 0 saturated carbocycles. The van der Waals surface area contributed by atoms with E-state index in [0.29, 0.717) is 17.2 Å². The Morgan fingerprint density at radius 3 is 2.63 bits per heavy atom. The first-order valence-electron chi connectivity index (χ1n) is 8.86. The highest BCUT2D eigenvalue weighted by Gasteiger charge is 2.55. The van der Waals surface area contributed by atoms with Crippen LogP contribution in [0.2, 0.25) is 5.02 Å². The van der Waals surface area contributed by atoms with Crippen molar-refractivity contribution in [2.45, 2.75) is 38.3 Å². The Morgan fingerprint density at radius 1 is 1.26 bits per heavy atom. The number of nitrogens with zero attached hydrogens (tertiary/aromatic N) is 2. The van der Waals surface area contributed by atoms with Gasteiger partial charge in [-0.1, -0.05) is 23.7 Å². The number of carbonyl (C=O) groups excluding carboxylic acids is 1. The molecule has 0 aromatic heterocycles. The maximum absolute atomic E-state index is 13.2. The largest absolute Gasteiger partial charge is 0.487 e. The quantitative estimate of drug-likeness (QED) is 0.813. The van der Waals surface area contributed by atoms with Crippen LogP contribution in [0.3, 0.4) is 0 Å². The molecule has 5 nitrogen and oxygen atoms in total. The van der Waals surface area contributed by atoms with Crippen LogP contribution in [0.15, 0.2) is 41.4 Å². The van der Waals surface area contributed by atoms with Crippen molar-refractivity contribution < 1.29 is 9.53 Å². The smallest absolute Gasteiger partial charge is 0.261 e. The van der Waals surface area contributed by atoms with Crippen LogP contribution in [0.5, 0.6) is 5.75 Å². The van der Waals surface area contributed by atoms with Crippen molar-refractivity contribution in [1.29, 1.82) is 0 Å². The van der Waals surface area contributed by atoms with Crippen molar-refractivity contribution in [2.75, 3.05) is 7.05 Å². The van der Waals surface area contributed by atoms with Gasteiger partial charge in [0.05, 0.1) is 0 Å². The average Bonchev–Trinajstić information content (AvgIpc) is 2.77. The van der Waals surface area contributed by atoms with E-state index < -0.39 is 11.1 Å². The molecule has 140 valence electrons. The zero-order chi connectivity index (χ0) is 19.6. The zero-order valence-corrected chi connectivity index (χ0v) is 16.6. The average molecular weight is 384 g/mol. The summed E-state index contributed by atoms with van der Waals surface area (Å²) in [5, 5.41) is 0.663. The summed E-state index contributed by atoms with van der Waals surface area (Å²) >= 11 is 6.19. The standard InChI is InChI=1S/C21H22ClN3O2/c1-12-8-17-16(10-15(12)13-6-5-7-14(22)9-13)21(11-20(2,3)27-17)18(26)25(4)19(23)24-21/h5-10H,11H2,1-4H3,(H2,23,24). The van der Waals surface area contributed by atoms with Gasteiger partial charge in [0.2, 0.25) is 0 Å². The molecule has 0 fully saturated rings. The molecule has 1 unspecified atom stereocenters. The van der Waals surface area contributed by atoms with E-state index in [2.05, 4.69) is 4.99 Å². The normalized spacial score (nSPS) is 23.2. The van der Waals surface area contributed by atoms with Crippen LogP contribution in [0.4, 0.5) is 0 Å². The molecule has 2 N–H and O–H groups in total. The number of nitrogens with two attached hydrogens (primary N) is 1. The minimum absolute atomic E-state index is 0.126. The highest BCUT2D eigenvalue weighted by atomic mass is 35.5. The van der Waals surface area contributed by atoms with Crippen molar-refractivity contribution in [2.24, 2.45) is 10.7 Å². The van der Waals surface area contributed by atoms with Crippen LogP contribution in [0.1, 0.15) is 31.4 Å². The topological polar surface area (TPSA) is 67.9 Å². The Bertz CT molecular complexity index is 999. The molecular weight excluding hydrogens is 362 g/mol. The highest BCUT2D eigenvalue weighted by Crippen LogP contribution is 2.50. The SMILES string of the molecule is Cc1cc2c(cc1-c1cccc(Cl)c1)C1(CC(C)(C)O2)N=C(N)N(C)C1=O. The third-order valence-corrected chi connectivity index (χ3v) is 5.52. The van der Waals surface area contributed by atoms with E-state index in [1.54, 1.807) is 7.05 Å². The van der Waals surface area contributed by atoms with E-state index in [-0.39, 0.29) is 11.9 Å². The van der Waals surface area contributed by atoms with E-state index in [1.807, 2.05) is 57.2 Å². The summed E-state index contributed by atoms with van der Waals surface area (Å²) in [5.74, 6) is 0.779. The third-order valence-electron chi connectivity index (χ3n) is 5.28. The van der Waals surface area contributed by atoms with E-state index >= 15 is 0 Å². The summed E-state index contributed by atoms with van der Waals surface area (Å²) in [6, 6.07) is 11.6. The maximum atomic E-state index is 13.2. The number of benzene rings is 2. The van der Waals surface area contributed by atoms with Gasteiger partial charge in [0.15, 0.2) is 11.5 Å². The lowest BCUT2D eigenvalue weighted by molar-refractivity contribution is -0.133. The Hall–Kier alpha value is -2.53. The number of likely N-dealkylation sites (N-methyl/N-ethyl adjacent to an activating group) is 1. The number of hydrogen-bond acceptors (Lipinski definition) is 4. The summed E-state index contributed by atoms with van der Waals surface area (Å²) in [7, 11) is 1.66. The molecule has 0 aliphatic carbocycles. The summed E-state index contributed by atoms with van der Waals surface area (Å²) in [4.78, 5) is 19.2. The van der Waals surface area contributed by atoms with Gasteiger partial charge in [0.25, 0.3) is 5.91 Å². The van der Waals surface area contributed by atoms with Crippen LogP contribution in [-0.4, -0.2) is 29.4 Å². The Kier molecular flexibility index (Phi) is 3.79. The van der Waals surface area contributed by atoms with Crippen LogP contribution >= 0.6 is 11.6 Å². The molecule has 2 aromatic carbocycles. The van der Waals surface area contributed by atoms with Gasteiger partial charge in [-0.15, -0.1) is 0 Å². The number of hydrogen-bond donors (Lipinski definition) is 1. The van der Waals surface area contributed by atoms with E-state index in [0.717, 1.165) is 22.3 Å². The van der Waals surface area contributed by atoms with Gasteiger partial charge in [-0.25, -0.2) is 4.99 Å². The molecule has 0 saturated heterocycles. The van der Waals surface area contributed by atoms with Crippen LogP contribution < -0.4 is 10.5 Å². The van der Waals surface area contributed by atoms with Crippen molar-refractivity contribution >= 4 is 23.5 Å². The monoisotopic (exact) mass is 383 g/mol. The third kappa shape index (κ3) is 2.69. The molecular formula is C21H22ClN3O2. The molecule has 2 aliphatic heterocycles. The lowest BCUT2D eigenvalue weighted by Crippen LogP contribution is -2.49. The Morgan fingerprint density at radius 2 is 2.00 bits per heavy atom. The predicted molar refractivity (Wildman–Crippen MR) is 107 cm³/mol. The molecule has 4 rings (SSSR count). The number of rotatable bonds is 1. The van der Waals surface area contributed by atoms with Gasteiger partial charge in [-0.3, -0.25) is 9.69 Å². The fourth-order valence-corrected chi connectivity index (χ4v) is 4.28. The van der Waals surface area contributed by atoms with Crippen molar-refractivity contribution in [3.63, 3.8) is 0 Å². The predicted octanol–water partition coefficient (Wildman–Crippen LogP) is 3.86. The lowest BCUT2D eigenvalue weighted by atomic mass is 9.76. The summed E-state index contributed by atoms with van der Waals surface area (Å²) in [6.07, 6.45) is 0.426. The van der Waals surface area contributed by atoms with Gasteiger partial charge in [0, 0.05) is 24.1 Å². The molecule has 2 aliphatic rings. The van der Waals surface area contributed by atoms with E-state index in [4.69, 9.17) is 22.1 Å². The van der Waals surface area contributed by atoms with Crippen molar-refractivity contribution in [1.82, 2.24) is 4.90 Å². The van der Waals surface area contributed by atoms with E-state index in [1.165, 1.54) is 4.90 Å². The molecule has 27 heavy (non-hydrogen) atoms. The number of amides is 1. The number of aliphatic imine (C=N–C) groups is 1. The van der Waals surface area contributed by atoms with Crippen molar-refractivity contribution in [3.8, 4) is 16.9 Å². The first kappa shape index (κ1) is 17.9. The Balaban J connectivity index is 1.98. The molecule has 1 amide bonds. The fraction of sp³-hybridized carbons (Fsp3) is 0.333. The van der Waals surface area contributed by atoms with Crippen LogP contribution in [0.25, 0.3) is 11.1 Å². The minimum Gasteiger partial charge on any atom is -0.487 e. The molecule has 2 heterocycles. The second-order valence-corrected chi connectivity index (χ2v) is 8.34. The maximum Gasteiger partial charge on any atom is 0.261 e. The molecule has 1 atom stereocenters. The highest BCUT2D eigenvalue weighted by molar-refractivity contribution is 6.30. The van der Waals surface area contributed by atoms with Gasteiger partial charge in [-0.05, 0) is 61.7 Å². The fourth-order valence-electron chi connectivity index (χ4n) is 4.09. The lowest BCUT2D eigenvalue weighted by Gasteiger charge is -2.41. The molecule has 1 spiro atoms. The molecule has 6 heteroatoms. The van der Waals surface area contributed by atoms with Crippen LogP contribution in [0, 0.1) is 6.92 Å². The Labute approximate surface area is 163 Å². The number of guanidine groups is 1. The summed E-state index contributed by atoms with van der Waals surface area (Å²) < 4.78 is 6.21. The number of aryl methyl sites for hydroxylation is 1. The van der Waals surface area contributed by atoms with Gasteiger partial charge < -0.3 is 10.5 Å². The zero-order valence-electron chi connectivity index (χ0n) is 15.8. The number of halogens is 1. The summed E-state index contributed by atoms with van der Waals surface area (Å²) in [6.45, 7) is 5.96. The number of ether oxygens (including phenoxy) is 1. The summed E-state index contributed by atoms with van der Waals surface area (Å²) in [5.41, 5.74) is 8.19. The van der Waals surface area contributed by atoms with Crippen LogP contribution in [-0.2, 0) is 10.3 Å². The minimum atomic E-state index is -1.06. The van der Waals surface area contributed by atoms with Gasteiger partial charge >= 0.3 is 0 Å². The molecule has 2 aromatic rings.